The Hall–Kier alpha value is -2.82. The van der Waals surface area contributed by atoms with Crippen LogP contribution in [0, 0.1) is 0 Å². The molecule has 7 rings (SSSR count). The van der Waals surface area contributed by atoms with Crippen molar-refractivity contribution in [3.05, 3.63) is 23.0 Å². The van der Waals surface area contributed by atoms with Crippen molar-refractivity contribution >= 4 is 38.6 Å². The number of nitrogens with zero attached hydrogens (tertiary/aromatic N) is 6. The molecule has 2 aliphatic carbocycles. The number of imidazole rings is 1. The Morgan fingerprint density at radius 2 is 1.88 bits per heavy atom. The van der Waals surface area contributed by atoms with Gasteiger partial charge >= 0.3 is 6.18 Å². The summed E-state index contributed by atoms with van der Waals surface area (Å²) in [5, 5.41) is 9.68. The number of hydrogen-bond donors (Lipinski definition) is 2. The van der Waals surface area contributed by atoms with Crippen molar-refractivity contribution in [3.8, 4) is 10.7 Å². The van der Waals surface area contributed by atoms with Crippen molar-refractivity contribution in [3.63, 3.8) is 0 Å². The molecule has 0 bridgehead atoms. The normalized spacial score (nSPS) is 23.4. The second kappa shape index (κ2) is 9.59. The van der Waals surface area contributed by atoms with E-state index in [1.807, 2.05) is 25.7 Å². The van der Waals surface area contributed by atoms with Crippen LogP contribution >= 0.6 is 11.3 Å². The zero-order chi connectivity index (χ0) is 30.5. The lowest BCUT2D eigenvalue weighted by Gasteiger charge is -2.46. The monoisotopic (exact) mass is 638 g/mol. The molecule has 43 heavy (non-hydrogen) atoms. The van der Waals surface area contributed by atoms with Gasteiger partial charge in [-0.1, -0.05) is 11.3 Å². The molecule has 1 atom stereocenters. The van der Waals surface area contributed by atoms with E-state index in [1.165, 1.54) is 6.20 Å². The molecule has 0 unspecified atom stereocenters. The molecule has 232 valence electrons. The van der Waals surface area contributed by atoms with Crippen molar-refractivity contribution in [1.29, 1.82) is 0 Å². The molecule has 0 aromatic carbocycles. The van der Waals surface area contributed by atoms with Crippen LogP contribution in [0.1, 0.15) is 69.5 Å². The second-order valence-electron chi connectivity index (χ2n) is 13.1. The number of rotatable bonds is 7. The Balaban J connectivity index is 1.41. The molecule has 4 fully saturated rings. The number of aromatic nitrogens is 4. The average molecular weight is 639 g/mol. The van der Waals surface area contributed by atoms with Gasteiger partial charge in [-0.05, 0) is 58.9 Å². The molecule has 4 aliphatic rings. The number of fused-ring (bicyclic) bond motifs is 1. The van der Waals surface area contributed by atoms with E-state index in [1.54, 1.807) is 15.4 Å². The van der Waals surface area contributed by atoms with Gasteiger partial charge in [-0.2, -0.15) is 13.2 Å². The Morgan fingerprint density at radius 1 is 1.16 bits per heavy atom. The van der Waals surface area contributed by atoms with Crippen molar-refractivity contribution in [2.24, 2.45) is 0 Å². The zero-order valence-corrected chi connectivity index (χ0v) is 25.7. The predicted octanol–water partition coefficient (Wildman–Crippen LogP) is 3.37. The van der Waals surface area contributed by atoms with Crippen LogP contribution in [-0.2, 0) is 21.0 Å². The minimum atomic E-state index is -4.66. The van der Waals surface area contributed by atoms with Crippen molar-refractivity contribution in [2.45, 2.75) is 87.0 Å². The minimum absolute atomic E-state index is 0.0108. The van der Waals surface area contributed by atoms with Crippen LogP contribution in [0.3, 0.4) is 0 Å². The average Bonchev–Trinajstić information content (AvgIpc) is 3.75. The number of hydrogen-bond acceptors (Lipinski definition) is 9. The first-order valence-corrected chi connectivity index (χ1v) is 16.7. The fourth-order valence-electron chi connectivity index (χ4n) is 5.87. The summed E-state index contributed by atoms with van der Waals surface area (Å²) >= 11 is 0.416. The number of pyridine rings is 1. The number of carbonyl (C=O) groups excluding carboxylic acids is 1. The molecule has 3 aromatic heterocycles. The molecule has 16 heteroatoms. The lowest BCUT2D eigenvalue weighted by Crippen LogP contribution is -2.67. The summed E-state index contributed by atoms with van der Waals surface area (Å²) in [7, 11) is -4.02. The van der Waals surface area contributed by atoms with E-state index in [2.05, 4.69) is 20.2 Å². The molecular formula is C27H33F3N8O3S2. The van der Waals surface area contributed by atoms with Gasteiger partial charge in [0.25, 0.3) is 0 Å². The molecule has 1 amide bonds. The number of piperazine rings is 1. The molecule has 0 spiro atoms. The maximum absolute atomic E-state index is 13.7. The van der Waals surface area contributed by atoms with Gasteiger partial charge in [-0.25, -0.2) is 18.1 Å². The molecule has 5 heterocycles. The van der Waals surface area contributed by atoms with Crippen LogP contribution in [-0.4, -0.2) is 82.1 Å². The van der Waals surface area contributed by atoms with E-state index < -0.39 is 38.3 Å². The maximum atomic E-state index is 13.7. The van der Waals surface area contributed by atoms with E-state index >= 15 is 0 Å². The van der Waals surface area contributed by atoms with Crippen molar-refractivity contribution in [1.82, 2.24) is 34.5 Å². The summed E-state index contributed by atoms with van der Waals surface area (Å²) in [6, 6.07) is 1.05. The largest absolute Gasteiger partial charge is 0.445 e. The topological polar surface area (TPSA) is 125 Å². The summed E-state index contributed by atoms with van der Waals surface area (Å²) in [5.41, 5.74) is 0.746. The highest BCUT2D eigenvalue weighted by molar-refractivity contribution is 7.89. The third-order valence-electron chi connectivity index (χ3n) is 8.59. The van der Waals surface area contributed by atoms with Crippen molar-refractivity contribution < 1.29 is 26.4 Å². The summed E-state index contributed by atoms with van der Waals surface area (Å²) in [6.45, 7) is 7.93. The second-order valence-corrected chi connectivity index (χ2v) is 15.8. The lowest BCUT2D eigenvalue weighted by atomic mass is 9.96. The van der Waals surface area contributed by atoms with Crippen LogP contribution in [0.4, 0.5) is 18.9 Å². The van der Waals surface area contributed by atoms with E-state index in [4.69, 9.17) is 4.98 Å². The van der Waals surface area contributed by atoms with Gasteiger partial charge in [0, 0.05) is 49.4 Å². The summed E-state index contributed by atoms with van der Waals surface area (Å²) < 4.78 is 72.4. The smallest absolute Gasteiger partial charge is 0.365 e. The van der Waals surface area contributed by atoms with Crippen LogP contribution in [0.15, 0.2) is 17.2 Å². The number of likely N-dealkylation sites (tertiary alicyclic amines) is 1. The molecule has 2 N–H and O–H groups in total. The third kappa shape index (κ3) is 5.40. The molecule has 2 saturated carbocycles. The highest BCUT2D eigenvalue weighted by Gasteiger charge is 2.44. The molecule has 11 nitrogen and oxygen atoms in total. The van der Waals surface area contributed by atoms with E-state index in [0.29, 0.717) is 66.5 Å². The highest BCUT2D eigenvalue weighted by Crippen LogP contribution is 2.47. The quantitative estimate of drug-likeness (QED) is 0.404. The van der Waals surface area contributed by atoms with Crippen molar-refractivity contribution in [2.75, 3.05) is 31.1 Å². The maximum Gasteiger partial charge on any atom is 0.445 e. The summed E-state index contributed by atoms with van der Waals surface area (Å²) in [4.78, 5) is 22.0. The molecular weight excluding hydrogens is 605 g/mol. The minimum Gasteiger partial charge on any atom is -0.365 e. The summed E-state index contributed by atoms with van der Waals surface area (Å²) in [6.07, 6.45) is 0.766. The van der Waals surface area contributed by atoms with Gasteiger partial charge in [0.2, 0.25) is 20.9 Å². The number of carbonyl (C=O) groups is 1. The Morgan fingerprint density at radius 3 is 2.47 bits per heavy atom. The molecule has 0 radical (unpaired) electrons. The molecule has 2 aliphatic heterocycles. The fourth-order valence-corrected chi connectivity index (χ4v) is 8.11. The Labute approximate surface area is 250 Å². The molecule has 2 saturated heterocycles. The molecule has 3 aromatic rings. The standard InChI is InChI=1S/C27H33F3N8O3S2/c1-25(2)14-37(13-17(32-25)23(39)36-9-4-10-36)18-11-16(43(40,41)35-26(3)7-8-26)12-38-20(19(15-5-6-15)31-21(18)38)22-33-34-24(42-22)27(28,29)30/h11-12,15,17,32,35H,4-10,13-14H2,1-3H3/t17-/m0/s1. The number of amides is 1. The van der Waals surface area contributed by atoms with Gasteiger partial charge in [0.05, 0.1) is 11.4 Å². The van der Waals surface area contributed by atoms with Crippen LogP contribution in [0.2, 0.25) is 0 Å². The number of nitrogens with one attached hydrogen (secondary N) is 2. The SMILES string of the molecule is CC1(C)CN(c2cc(S(=O)(=O)NC3(C)CC3)cn3c(-c4nnc(C(F)(F)F)s4)c(C4CC4)nc23)C[C@@H](C(=O)N2CCC2)N1. The van der Waals surface area contributed by atoms with Crippen LogP contribution in [0.25, 0.3) is 16.3 Å². The van der Waals surface area contributed by atoms with Gasteiger partial charge < -0.3 is 9.80 Å². The Bertz CT molecular complexity index is 1720. The Kier molecular flexibility index (Phi) is 6.45. The third-order valence-corrected chi connectivity index (χ3v) is 11.2. The lowest BCUT2D eigenvalue weighted by molar-refractivity contribution is -0.138. The van der Waals surface area contributed by atoms with Crippen LogP contribution in [0.5, 0.6) is 0 Å². The number of anilines is 1. The first kappa shape index (κ1) is 28.9. The number of halogens is 3. The van der Waals surface area contributed by atoms with E-state index in [0.717, 1.165) is 19.3 Å². The highest BCUT2D eigenvalue weighted by atomic mass is 32.2. The first-order chi connectivity index (χ1) is 20.1. The first-order valence-electron chi connectivity index (χ1n) is 14.5. The number of sulfonamides is 1. The van der Waals surface area contributed by atoms with E-state index in [-0.39, 0.29) is 28.3 Å². The van der Waals surface area contributed by atoms with Gasteiger partial charge in [-0.15, -0.1) is 10.2 Å². The van der Waals surface area contributed by atoms with Gasteiger partial charge in [0.1, 0.15) is 16.6 Å². The predicted molar refractivity (Wildman–Crippen MR) is 153 cm³/mol. The number of alkyl halides is 3. The van der Waals surface area contributed by atoms with Gasteiger partial charge in [0.15, 0.2) is 10.7 Å². The van der Waals surface area contributed by atoms with Crippen LogP contribution < -0.4 is 14.9 Å². The van der Waals surface area contributed by atoms with Gasteiger partial charge in [-0.3, -0.25) is 14.5 Å². The van der Waals surface area contributed by atoms with E-state index in [9.17, 15) is 26.4 Å². The summed E-state index contributed by atoms with van der Waals surface area (Å²) in [5.74, 6) is 0.00753. The fraction of sp³-hybridized carbons (Fsp3) is 0.630. The zero-order valence-electron chi connectivity index (χ0n) is 24.0.